The number of ether oxygens (including phenoxy) is 3. The first kappa shape index (κ1) is 11.9. The molecule has 90 valence electrons. The maximum atomic E-state index is 5.26. The summed E-state index contributed by atoms with van der Waals surface area (Å²) in [5.74, 6) is 0.864. The first-order chi connectivity index (χ1) is 8.28. The van der Waals surface area contributed by atoms with Crippen molar-refractivity contribution in [3.05, 3.63) is 48.1 Å². The Morgan fingerprint density at radius 3 is 2.41 bits per heavy atom. The van der Waals surface area contributed by atoms with Crippen LogP contribution in [-0.2, 0) is 9.47 Å². The lowest BCUT2D eigenvalue weighted by atomic mass is 10.2. The third kappa shape index (κ3) is 3.44. The molecule has 1 saturated heterocycles. The van der Waals surface area contributed by atoms with Gasteiger partial charge in [-0.1, -0.05) is 30.4 Å². The smallest absolute Gasteiger partial charge is 0.183 e. The first-order valence-corrected chi connectivity index (χ1v) is 5.58. The molecule has 0 atom stereocenters. The maximum absolute atomic E-state index is 5.26. The van der Waals surface area contributed by atoms with E-state index < -0.39 is 0 Å². The van der Waals surface area contributed by atoms with Crippen molar-refractivity contribution in [1.82, 2.24) is 0 Å². The minimum absolute atomic E-state index is 0.0739. The Labute approximate surface area is 101 Å². The summed E-state index contributed by atoms with van der Waals surface area (Å²) in [4.78, 5) is 0. The summed E-state index contributed by atoms with van der Waals surface area (Å²) in [6.45, 7) is 1.87. The van der Waals surface area contributed by atoms with E-state index >= 15 is 0 Å². The Morgan fingerprint density at radius 1 is 1.12 bits per heavy atom. The van der Waals surface area contributed by atoms with Crippen molar-refractivity contribution < 1.29 is 14.2 Å². The Kier molecular flexibility index (Phi) is 3.96. The minimum Gasteiger partial charge on any atom is -0.497 e. The minimum atomic E-state index is -0.189. The molecule has 0 N–H and O–H groups in total. The zero-order valence-corrected chi connectivity index (χ0v) is 10.00. The molecule has 0 spiro atoms. The molecule has 1 aliphatic rings. The van der Waals surface area contributed by atoms with Crippen molar-refractivity contribution in [2.45, 2.75) is 19.5 Å². The molecule has 1 aliphatic heterocycles. The molecule has 0 unspecified atom stereocenters. The lowest BCUT2D eigenvalue weighted by molar-refractivity contribution is -0.354. The zero-order chi connectivity index (χ0) is 12.1. The lowest BCUT2D eigenvalue weighted by Gasteiger charge is -2.31. The van der Waals surface area contributed by atoms with Crippen LogP contribution in [0.2, 0.25) is 0 Å². The molecule has 3 nitrogen and oxygen atoms in total. The highest BCUT2D eigenvalue weighted by molar-refractivity contribution is 5.52. The summed E-state index contributed by atoms with van der Waals surface area (Å²) in [6, 6.07) is 7.87. The normalized spacial score (nSPS) is 24.1. The fraction of sp³-hybridized carbons (Fsp3) is 0.286. The van der Waals surface area contributed by atoms with Gasteiger partial charge in [-0.2, -0.15) is 0 Å². The summed E-state index contributed by atoms with van der Waals surface area (Å²) < 4.78 is 15.6. The van der Waals surface area contributed by atoms with Crippen LogP contribution in [0.5, 0.6) is 5.75 Å². The van der Waals surface area contributed by atoms with Gasteiger partial charge in [-0.25, -0.2) is 0 Å². The number of benzene rings is 1. The second-order valence-corrected chi connectivity index (χ2v) is 3.73. The monoisotopic (exact) mass is 232 g/mol. The molecule has 1 fully saturated rings. The van der Waals surface area contributed by atoms with E-state index in [0.717, 1.165) is 11.3 Å². The van der Waals surface area contributed by atoms with Gasteiger partial charge in [0.1, 0.15) is 5.75 Å². The van der Waals surface area contributed by atoms with Crippen molar-refractivity contribution in [2.24, 2.45) is 0 Å². The average Bonchev–Trinajstić information content (AvgIpc) is 2.32. The Bertz CT molecular complexity index is 400. The summed E-state index contributed by atoms with van der Waals surface area (Å²) in [5, 5.41) is 0. The number of allylic oxidation sites excluding steroid dienone is 2. The number of methoxy groups -OCH3 is 1. The Morgan fingerprint density at radius 2 is 1.82 bits per heavy atom. The van der Waals surface area contributed by atoms with E-state index in [1.165, 1.54) is 0 Å². The van der Waals surface area contributed by atoms with Gasteiger partial charge in [-0.05, 0) is 30.7 Å². The molecule has 0 aromatic heterocycles. The Balaban J connectivity index is 1.83. The first-order valence-electron chi connectivity index (χ1n) is 5.58. The van der Waals surface area contributed by atoms with Crippen LogP contribution >= 0.6 is 0 Å². The third-order valence-electron chi connectivity index (χ3n) is 2.44. The third-order valence-corrected chi connectivity index (χ3v) is 2.44. The molecule has 1 heterocycles. The van der Waals surface area contributed by atoms with Gasteiger partial charge in [-0.3, -0.25) is 0 Å². The van der Waals surface area contributed by atoms with Crippen LogP contribution in [-0.4, -0.2) is 19.7 Å². The SMILES string of the molecule is COc1ccc(/C=C/C=C/C2OC(C)O2)cc1. The van der Waals surface area contributed by atoms with Gasteiger partial charge >= 0.3 is 0 Å². The van der Waals surface area contributed by atoms with Gasteiger partial charge in [0, 0.05) is 0 Å². The highest BCUT2D eigenvalue weighted by Crippen LogP contribution is 2.16. The van der Waals surface area contributed by atoms with E-state index in [1.807, 2.05) is 55.5 Å². The lowest BCUT2D eigenvalue weighted by Crippen LogP contribution is -2.36. The standard InChI is InChI=1S/C14H16O3/c1-11-16-14(17-11)6-4-3-5-12-7-9-13(15-2)10-8-12/h3-11,14H,1-2H3/b5-3+,6-4+. The van der Waals surface area contributed by atoms with Gasteiger partial charge in [0.05, 0.1) is 7.11 Å². The van der Waals surface area contributed by atoms with E-state index in [1.54, 1.807) is 7.11 Å². The molecule has 17 heavy (non-hydrogen) atoms. The molecule has 2 rings (SSSR count). The van der Waals surface area contributed by atoms with Crippen LogP contribution in [0.15, 0.2) is 42.5 Å². The quantitative estimate of drug-likeness (QED) is 0.747. The highest BCUT2D eigenvalue weighted by Gasteiger charge is 2.23. The highest BCUT2D eigenvalue weighted by atomic mass is 16.9. The fourth-order valence-electron chi connectivity index (χ4n) is 1.52. The van der Waals surface area contributed by atoms with Crippen molar-refractivity contribution in [3.63, 3.8) is 0 Å². The summed E-state index contributed by atoms with van der Waals surface area (Å²) in [7, 11) is 1.66. The largest absolute Gasteiger partial charge is 0.497 e. The van der Waals surface area contributed by atoms with Crippen LogP contribution in [0, 0.1) is 0 Å². The van der Waals surface area contributed by atoms with E-state index in [4.69, 9.17) is 14.2 Å². The molecule has 0 aliphatic carbocycles. The Hall–Kier alpha value is -1.58. The van der Waals surface area contributed by atoms with Gasteiger partial charge < -0.3 is 14.2 Å². The predicted octanol–water partition coefficient (Wildman–Crippen LogP) is 2.98. The molecule has 1 aromatic carbocycles. The average molecular weight is 232 g/mol. The predicted molar refractivity (Wildman–Crippen MR) is 66.6 cm³/mol. The van der Waals surface area contributed by atoms with Gasteiger partial charge in [-0.15, -0.1) is 0 Å². The second-order valence-electron chi connectivity index (χ2n) is 3.73. The van der Waals surface area contributed by atoms with Gasteiger partial charge in [0.15, 0.2) is 12.6 Å². The van der Waals surface area contributed by atoms with E-state index in [-0.39, 0.29) is 12.6 Å². The van der Waals surface area contributed by atoms with Gasteiger partial charge in [0.25, 0.3) is 0 Å². The molecule has 0 saturated carbocycles. The van der Waals surface area contributed by atoms with Crippen molar-refractivity contribution in [3.8, 4) is 5.75 Å². The zero-order valence-electron chi connectivity index (χ0n) is 10.00. The summed E-state index contributed by atoms with van der Waals surface area (Å²) in [5.41, 5.74) is 1.12. The van der Waals surface area contributed by atoms with Crippen LogP contribution in [0.4, 0.5) is 0 Å². The van der Waals surface area contributed by atoms with E-state index in [2.05, 4.69) is 0 Å². The van der Waals surface area contributed by atoms with E-state index in [0.29, 0.717) is 0 Å². The molecule has 3 heteroatoms. The topological polar surface area (TPSA) is 27.7 Å². The van der Waals surface area contributed by atoms with Crippen LogP contribution in [0.3, 0.4) is 0 Å². The maximum Gasteiger partial charge on any atom is 0.183 e. The van der Waals surface area contributed by atoms with Crippen LogP contribution in [0.1, 0.15) is 12.5 Å². The second kappa shape index (κ2) is 5.66. The van der Waals surface area contributed by atoms with E-state index in [9.17, 15) is 0 Å². The number of rotatable bonds is 4. The summed E-state index contributed by atoms with van der Waals surface area (Å²) >= 11 is 0. The molecule has 0 amide bonds. The number of hydrogen-bond donors (Lipinski definition) is 0. The van der Waals surface area contributed by atoms with Crippen molar-refractivity contribution >= 4 is 6.08 Å². The molecule has 0 bridgehead atoms. The molecular weight excluding hydrogens is 216 g/mol. The van der Waals surface area contributed by atoms with Crippen LogP contribution in [0.25, 0.3) is 6.08 Å². The molecular formula is C14H16O3. The van der Waals surface area contributed by atoms with Crippen molar-refractivity contribution in [1.29, 1.82) is 0 Å². The number of hydrogen-bond acceptors (Lipinski definition) is 3. The van der Waals surface area contributed by atoms with Crippen molar-refractivity contribution in [2.75, 3.05) is 7.11 Å². The molecule has 1 aromatic rings. The van der Waals surface area contributed by atoms with Crippen LogP contribution < -0.4 is 4.74 Å². The molecule has 0 radical (unpaired) electrons. The fourth-order valence-corrected chi connectivity index (χ4v) is 1.52. The van der Waals surface area contributed by atoms with Gasteiger partial charge in [0.2, 0.25) is 0 Å². The summed E-state index contributed by atoms with van der Waals surface area (Å²) in [6.07, 6.45) is 7.50.